The van der Waals surface area contributed by atoms with Crippen LogP contribution in [0, 0.1) is 5.82 Å². The molecule has 1 heterocycles. The molecule has 1 fully saturated rings. The molecular weight excluding hydrogens is 311 g/mol. The number of hydrogen-bond donors (Lipinski definition) is 3. The molecule has 0 bridgehead atoms. The maximum Gasteiger partial charge on any atom is 0.315 e. The predicted octanol–water partition coefficient (Wildman–Crippen LogP) is 3.09. The van der Waals surface area contributed by atoms with Gasteiger partial charge in [-0.25, -0.2) is 9.18 Å². The third kappa shape index (κ3) is 3.94. The number of urea groups is 1. The molecule has 1 aromatic heterocycles. The van der Waals surface area contributed by atoms with E-state index < -0.39 is 6.10 Å². The highest BCUT2D eigenvalue weighted by molar-refractivity contribution is 5.74. The molecule has 2 aromatic rings. The molecule has 128 valence electrons. The lowest BCUT2D eigenvalue weighted by Crippen LogP contribution is -2.44. The van der Waals surface area contributed by atoms with Crippen molar-refractivity contribution in [3.8, 4) is 0 Å². The minimum atomic E-state index is -0.873. The van der Waals surface area contributed by atoms with Crippen LogP contribution in [-0.4, -0.2) is 23.7 Å². The fourth-order valence-electron chi connectivity index (χ4n) is 3.23. The smallest absolute Gasteiger partial charge is 0.315 e. The molecule has 3 unspecified atom stereocenters. The Morgan fingerprint density at radius 3 is 2.79 bits per heavy atom. The van der Waals surface area contributed by atoms with E-state index >= 15 is 0 Å². The van der Waals surface area contributed by atoms with E-state index in [-0.39, 0.29) is 30.4 Å². The van der Waals surface area contributed by atoms with Gasteiger partial charge < -0.3 is 20.2 Å². The standard InChI is InChI=1S/C18H21FN2O3/c19-13-8-6-12(7-9-13)14-3-1-4-15(14)21-18(23)20-11-16(22)17-5-2-10-24-17/h2,5-10,14-16,22H,1,3-4,11H2,(H2,20,21,23). The molecule has 24 heavy (non-hydrogen) atoms. The van der Waals surface area contributed by atoms with Crippen molar-refractivity contribution in [1.29, 1.82) is 0 Å². The van der Waals surface area contributed by atoms with E-state index in [1.54, 1.807) is 24.3 Å². The number of furan rings is 1. The Morgan fingerprint density at radius 1 is 1.29 bits per heavy atom. The molecule has 3 N–H and O–H groups in total. The van der Waals surface area contributed by atoms with Crippen LogP contribution in [0.2, 0.25) is 0 Å². The van der Waals surface area contributed by atoms with Crippen LogP contribution in [0.15, 0.2) is 47.1 Å². The molecule has 2 amide bonds. The average molecular weight is 332 g/mol. The monoisotopic (exact) mass is 332 g/mol. The predicted molar refractivity (Wildman–Crippen MR) is 87.0 cm³/mol. The number of hydrogen-bond acceptors (Lipinski definition) is 3. The van der Waals surface area contributed by atoms with E-state index in [0.29, 0.717) is 5.76 Å². The van der Waals surface area contributed by atoms with Gasteiger partial charge in [0.1, 0.15) is 17.7 Å². The van der Waals surface area contributed by atoms with Crippen LogP contribution in [0.4, 0.5) is 9.18 Å². The number of aliphatic hydroxyl groups is 1. The van der Waals surface area contributed by atoms with E-state index in [1.165, 1.54) is 18.4 Å². The molecule has 1 aliphatic rings. The van der Waals surface area contributed by atoms with Crippen LogP contribution < -0.4 is 10.6 Å². The lowest BCUT2D eigenvalue weighted by molar-refractivity contribution is 0.147. The molecule has 3 rings (SSSR count). The highest BCUT2D eigenvalue weighted by atomic mass is 19.1. The van der Waals surface area contributed by atoms with Crippen molar-refractivity contribution in [2.24, 2.45) is 0 Å². The van der Waals surface area contributed by atoms with Crippen LogP contribution in [-0.2, 0) is 0 Å². The van der Waals surface area contributed by atoms with Gasteiger partial charge in [0.15, 0.2) is 0 Å². The number of carbonyl (C=O) groups excluding carboxylic acids is 1. The van der Waals surface area contributed by atoms with Crippen LogP contribution in [0.1, 0.15) is 42.6 Å². The number of benzene rings is 1. The summed E-state index contributed by atoms with van der Waals surface area (Å²) in [6.45, 7) is 0.0767. The van der Waals surface area contributed by atoms with Crippen molar-refractivity contribution in [3.63, 3.8) is 0 Å². The Hall–Kier alpha value is -2.34. The molecule has 1 saturated carbocycles. The van der Waals surface area contributed by atoms with Gasteiger partial charge in [0.2, 0.25) is 0 Å². The second kappa shape index (κ2) is 7.49. The van der Waals surface area contributed by atoms with E-state index in [4.69, 9.17) is 4.42 Å². The molecule has 5 nitrogen and oxygen atoms in total. The summed E-state index contributed by atoms with van der Waals surface area (Å²) in [7, 11) is 0. The zero-order chi connectivity index (χ0) is 16.9. The van der Waals surface area contributed by atoms with Crippen LogP contribution in [0.25, 0.3) is 0 Å². The highest BCUT2D eigenvalue weighted by Gasteiger charge is 2.29. The number of rotatable bonds is 5. The first kappa shape index (κ1) is 16.5. The van der Waals surface area contributed by atoms with Crippen molar-refractivity contribution in [1.82, 2.24) is 10.6 Å². The number of aliphatic hydroxyl groups excluding tert-OH is 1. The molecule has 6 heteroatoms. The molecule has 0 radical (unpaired) electrons. The van der Waals surface area contributed by atoms with E-state index in [2.05, 4.69) is 10.6 Å². The fraction of sp³-hybridized carbons (Fsp3) is 0.389. The summed E-state index contributed by atoms with van der Waals surface area (Å²) in [6, 6.07) is 9.48. The molecule has 0 spiro atoms. The highest BCUT2D eigenvalue weighted by Crippen LogP contribution is 2.34. The van der Waals surface area contributed by atoms with E-state index in [1.807, 2.05) is 0 Å². The quantitative estimate of drug-likeness (QED) is 0.788. The molecule has 0 aliphatic heterocycles. The second-order valence-electron chi connectivity index (χ2n) is 6.08. The van der Waals surface area contributed by atoms with Crippen molar-refractivity contribution >= 4 is 6.03 Å². The largest absolute Gasteiger partial charge is 0.467 e. The number of nitrogens with one attached hydrogen (secondary N) is 2. The van der Waals surface area contributed by atoms with Gasteiger partial charge >= 0.3 is 6.03 Å². The average Bonchev–Trinajstić information content (AvgIpc) is 3.25. The zero-order valence-electron chi connectivity index (χ0n) is 13.2. The molecule has 3 atom stereocenters. The van der Waals surface area contributed by atoms with Crippen LogP contribution in [0.3, 0.4) is 0 Å². The summed E-state index contributed by atoms with van der Waals surface area (Å²) in [6.07, 6.45) is 3.47. The first-order valence-corrected chi connectivity index (χ1v) is 8.15. The van der Waals surface area contributed by atoms with Crippen molar-refractivity contribution in [2.45, 2.75) is 37.3 Å². The van der Waals surface area contributed by atoms with Gasteiger partial charge in [0.05, 0.1) is 12.8 Å². The zero-order valence-corrected chi connectivity index (χ0v) is 13.2. The lowest BCUT2D eigenvalue weighted by Gasteiger charge is -2.22. The summed E-state index contributed by atoms with van der Waals surface area (Å²) >= 11 is 0. The molecule has 1 aliphatic carbocycles. The Kier molecular flexibility index (Phi) is 5.15. The first-order chi connectivity index (χ1) is 11.6. The molecule has 0 saturated heterocycles. The van der Waals surface area contributed by atoms with Crippen molar-refractivity contribution in [3.05, 3.63) is 59.8 Å². The van der Waals surface area contributed by atoms with Gasteiger partial charge in [-0.05, 0) is 42.7 Å². The summed E-state index contributed by atoms with van der Waals surface area (Å²) in [5.41, 5.74) is 1.04. The number of amides is 2. The van der Waals surface area contributed by atoms with Crippen molar-refractivity contribution in [2.75, 3.05) is 6.54 Å². The maximum absolute atomic E-state index is 13.1. The topological polar surface area (TPSA) is 74.5 Å². The first-order valence-electron chi connectivity index (χ1n) is 8.15. The fourth-order valence-corrected chi connectivity index (χ4v) is 3.23. The van der Waals surface area contributed by atoms with Gasteiger partial charge in [-0.1, -0.05) is 18.6 Å². The van der Waals surface area contributed by atoms with Gasteiger partial charge in [-0.2, -0.15) is 0 Å². The normalized spacial score (nSPS) is 21.4. The lowest BCUT2D eigenvalue weighted by atomic mass is 9.94. The van der Waals surface area contributed by atoms with Gasteiger partial charge in [0.25, 0.3) is 0 Å². The third-order valence-corrected chi connectivity index (χ3v) is 4.46. The Labute approximate surface area is 139 Å². The maximum atomic E-state index is 13.1. The van der Waals surface area contributed by atoms with Crippen LogP contribution >= 0.6 is 0 Å². The summed E-state index contributed by atoms with van der Waals surface area (Å²) in [4.78, 5) is 12.1. The van der Waals surface area contributed by atoms with Gasteiger partial charge in [-0.3, -0.25) is 0 Å². The molecule has 1 aromatic carbocycles. The van der Waals surface area contributed by atoms with E-state index in [0.717, 1.165) is 24.8 Å². The van der Waals surface area contributed by atoms with Crippen LogP contribution in [0.5, 0.6) is 0 Å². The minimum absolute atomic E-state index is 0.0104. The number of halogens is 1. The van der Waals surface area contributed by atoms with Gasteiger partial charge in [-0.15, -0.1) is 0 Å². The number of carbonyl (C=O) groups is 1. The third-order valence-electron chi connectivity index (χ3n) is 4.46. The second-order valence-corrected chi connectivity index (χ2v) is 6.08. The minimum Gasteiger partial charge on any atom is -0.467 e. The molecular formula is C18H21FN2O3. The Bertz CT molecular complexity index is 657. The summed E-state index contributed by atoms with van der Waals surface area (Å²) < 4.78 is 18.2. The van der Waals surface area contributed by atoms with E-state index in [9.17, 15) is 14.3 Å². The SMILES string of the molecule is O=C(NCC(O)c1ccco1)NC1CCCC1c1ccc(F)cc1. The van der Waals surface area contributed by atoms with Crippen molar-refractivity contribution < 1.29 is 18.7 Å². The Morgan fingerprint density at radius 2 is 2.08 bits per heavy atom. The Balaban J connectivity index is 1.52. The summed E-state index contributed by atoms with van der Waals surface area (Å²) in [5, 5.41) is 15.5. The van der Waals surface area contributed by atoms with Gasteiger partial charge in [0, 0.05) is 12.0 Å². The summed E-state index contributed by atoms with van der Waals surface area (Å²) in [5.74, 6) is 0.345.